The Morgan fingerprint density at radius 1 is 0.330 bits per heavy atom. The van der Waals surface area contributed by atoms with Gasteiger partial charge in [0.2, 0.25) is 0 Å². The summed E-state index contributed by atoms with van der Waals surface area (Å²) in [5.41, 5.74) is 6.99. The average Bonchev–Trinajstić information content (AvgIpc) is 1.35. The molecule has 33 rings (SSSR count). The lowest BCUT2D eigenvalue weighted by molar-refractivity contribution is -0.382. The van der Waals surface area contributed by atoms with Gasteiger partial charge in [-0.15, -0.1) is 0 Å². The zero-order valence-electron chi connectivity index (χ0n) is 50.8. The summed E-state index contributed by atoms with van der Waals surface area (Å²) in [4.78, 5) is 34.7. The highest BCUT2D eigenvalue weighted by atomic mass is 32.2. The maximum atomic E-state index is 17.4. The van der Waals surface area contributed by atoms with Crippen LogP contribution in [-0.4, -0.2) is 108 Å². The van der Waals surface area contributed by atoms with Crippen molar-refractivity contribution >= 4 is 313 Å². The van der Waals surface area contributed by atoms with Crippen molar-refractivity contribution in [2.45, 2.75) is 53.4 Å². The zero-order valence-corrected chi connectivity index (χ0v) is 51.6. The molecule has 0 radical (unpaired) electrons. The summed E-state index contributed by atoms with van der Waals surface area (Å²) in [6.07, 6.45) is -4.78. The monoisotopic (exact) mass is 1350 g/mol. The number of benzene rings is 18. The lowest BCUT2D eigenvalue weighted by atomic mass is 9.68. The third-order valence-corrected chi connectivity index (χ3v) is 29.7. The van der Waals surface area contributed by atoms with E-state index in [9.17, 15) is 47.9 Å². The second-order valence-corrected chi connectivity index (χ2v) is 32.4. The van der Waals surface area contributed by atoms with E-state index < -0.39 is 61.6 Å². The van der Waals surface area contributed by atoms with E-state index in [0.717, 1.165) is 12.8 Å². The van der Waals surface area contributed by atoms with Gasteiger partial charge < -0.3 is 29.4 Å². The van der Waals surface area contributed by atoms with Crippen molar-refractivity contribution < 1.29 is 85.8 Å². The first kappa shape index (κ1) is 49.9. The van der Waals surface area contributed by atoms with Gasteiger partial charge in [0.25, 0.3) is 0 Å². The van der Waals surface area contributed by atoms with Gasteiger partial charge in [0.05, 0.1) is 50.5 Å². The Balaban J connectivity index is 0.000000280. The molecular formula is C79H28F9NO10S. The van der Waals surface area contributed by atoms with Crippen molar-refractivity contribution in [3.63, 3.8) is 0 Å². The molecule has 0 unspecified atom stereocenters. The molecule has 5 aliphatic carbocycles. The van der Waals surface area contributed by atoms with Crippen LogP contribution >= 0.6 is 0 Å². The molecule has 1 fully saturated rings. The van der Waals surface area contributed by atoms with Crippen LogP contribution in [0, 0.1) is 5.41 Å². The molecule has 0 atom stereocenters. The Morgan fingerprint density at radius 3 is 0.770 bits per heavy atom. The number of carbonyl (C=O) groups excluding carboxylic acids is 2. The number of esters is 2. The molecule has 0 aliphatic heterocycles. The van der Waals surface area contributed by atoms with E-state index in [-0.39, 0.29) is 19.8 Å². The summed E-state index contributed by atoms with van der Waals surface area (Å²) in [7, 11) is -5.50. The van der Waals surface area contributed by atoms with E-state index in [0.29, 0.717) is 39.4 Å². The van der Waals surface area contributed by atoms with Crippen LogP contribution < -0.4 is 5.73 Å². The molecule has 0 bridgehead atoms. The highest BCUT2D eigenvalue weighted by Crippen LogP contribution is 2.97. The third kappa shape index (κ3) is 3.42. The fourth-order valence-corrected chi connectivity index (χ4v) is 27.7. The average molecular weight is 1350 g/mol. The van der Waals surface area contributed by atoms with E-state index >= 15 is 9.59 Å². The number of rotatable bonds is 19. The van der Waals surface area contributed by atoms with Crippen molar-refractivity contribution in [3.8, 4) is 0 Å². The lowest BCUT2D eigenvalue weighted by Crippen LogP contribution is -2.63. The first-order chi connectivity index (χ1) is 48.2. The van der Waals surface area contributed by atoms with Gasteiger partial charge in [0.15, 0.2) is 5.41 Å². The quantitative estimate of drug-likeness (QED) is 0.0198. The summed E-state index contributed by atoms with van der Waals surface area (Å²) < 4.78 is 165. The van der Waals surface area contributed by atoms with E-state index in [4.69, 9.17) is 34.0 Å². The molecule has 11 nitrogen and oxygen atoms in total. The fourth-order valence-electron chi connectivity index (χ4n) is 27.2. The van der Waals surface area contributed by atoms with Crippen LogP contribution in [0.4, 0.5) is 39.5 Å². The van der Waals surface area contributed by atoms with Gasteiger partial charge in [-0.2, -0.15) is 47.9 Å². The number of unbranched alkanes of at least 4 members (excludes halogenated alkanes) is 2. The van der Waals surface area contributed by atoms with Gasteiger partial charge >= 0.3 is 45.3 Å². The second kappa shape index (κ2) is 12.8. The van der Waals surface area contributed by atoms with E-state index in [2.05, 4.69) is 0 Å². The molecular weight excluding hydrogens is 1330 g/mol. The van der Waals surface area contributed by atoms with Gasteiger partial charge in [-0.1, -0.05) is 0 Å². The minimum Gasteiger partial charge on any atom is -0.465 e. The molecule has 2 spiro atoms. The molecule has 478 valence electrons. The molecule has 0 amide bonds. The molecule has 0 aromatic heterocycles. The number of ether oxygens (including phenoxy) is 5. The number of methoxy groups -OCH3 is 1. The molecule has 28 aromatic carbocycles. The third-order valence-electron chi connectivity index (χ3n) is 28.8. The standard InChI is InChI=1S/C75H27NO7.C4HF9O3S/c1-79-7-8-80-9-10-81-11-12-83-72(78)75(71(77)82-6-4-2-3-5-76)73-67-59-51-41-31-23-15-13-14-17-21-19(15)27-35-29(21)39-33-25(17)26-18(14)22-20-16(13)24(23)32-38-28(20)36-30(22)40-34(26)44-43(33)53-47(39)57-49(35)55(45(51)37(27)31)63(67)65(57)69-61(53)62-54(44)48(40)58-50(36)56-46(38)52(42(32)41)60(59)68(73)64(56)66(58)70(62)74(69,73)75;5-1(6,3(9,10)11)2(7,8)4(12,13)17(14,15)16/h2-12,76H2,1H3;(H,14,15,16). The Hall–Kier alpha value is -9.48. The molecule has 1 saturated carbocycles. The summed E-state index contributed by atoms with van der Waals surface area (Å²) in [6, 6.07) is 0. The van der Waals surface area contributed by atoms with Crippen LogP contribution in [0.3, 0.4) is 0 Å². The Morgan fingerprint density at radius 2 is 0.550 bits per heavy atom. The van der Waals surface area contributed by atoms with Crippen LogP contribution in [0.2, 0.25) is 0 Å². The van der Waals surface area contributed by atoms with E-state index in [1.165, 1.54) is 259 Å². The number of hydrogen-bond acceptors (Lipinski definition) is 10. The largest absolute Gasteiger partial charge is 0.465 e. The van der Waals surface area contributed by atoms with Crippen LogP contribution in [-0.2, 0) is 54.2 Å². The lowest BCUT2D eigenvalue weighted by Gasteiger charge is -2.32. The summed E-state index contributed by atoms with van der Waals surface area (Å²) in [5.74, 6) is -15.6. The first-order valence-corrected chi connectivity index (χ1v) is 35.3. The predicted molar refractivity (Wildman–Crippen MR) is 367 cm³/mol. The van der Waals surface area contributed by atoms with Gasteiger partial charge in [0, 0.05) is 7.11 Å². The summed E-state index contributed by atoms with van der Waals surface area (Å²) >= 11 is 0. The first-order valence-electron chi connectivity index (χ1n) is 33.8. The number of hydrogen-bond donors (Lipinski definition) is 2. The zero-order chi connectivity index (χ0) is 66.0. The van der Waals surface area contributed by atoms with E-state index in [1.54, 1.807) is 61.0 Å². The van der Waals surface area contributed by atoms with Gasteiger partial charge in [-0.05, 0) is 339 Å². The number of carbonyl (C=O) groups is 2. The fraction of sp³-hybridized carbons (Fsp3) is 0.241. The number of halogens is 9. The number of nitrogens with two attached hydrogens (primary N) is 1. The van der Waals surface area contributed by atoms with Crippen LogP contribution in [0.25, 0.3) is 291 Å². The molecule has 3 N–H and O–H groups in total. The highest BCUT2D eigenvalue weighted by Gasteiger charge is 3.01. The minimum absolute atomic E-state index is 0.00747. The van der Waals surface area contributed by atoms with Gasteiger partial charge in [-0.25, -0.2) is 0 Å². The Bertz CT molecular complexity index is 7830. The molecule has 0 heterocycles. The maximum absolute atomic E-state index is 17.4. The minimum atomic E-state index is -7.37. The summed E-state index contributed by atoms with van der Waals surface area (Å²) in [6.45, 7) is 2.73. The van der Waals surface area contributed by atoms with Crippen LogP contribution in [0.1, 0.15) is 41.5 Å². The normalized spacial score (nSPS) is 21.2. The van der Waals surface area contributed by atoms with Crippen molar-refractivity contribution in [2.75, 3.05) is 59.9 Å². The van der Waals surface area contributed by atoms with Gasteiger partial charge in [0.1, 0.15) is 6.61 Å². The molecule has 5 aliphatic rings. The SMILES string of the molecule is COCCOCCOCCOC(=O)C1(C(=O)OCCCCCN)C23c4c5c6c7c8c9c(c%10c%11c2c2c4c4c%12c5c5c6c6c8c8c%13c9c9c%10c%10c%11c%11c2c2c4c4c%12c%12c5c5c6c8c6c8c%13c9c9c%10c%10c%11c2c2c4c4c%12c5c6c5c8c9c%10c2c45)C713.O=S(=O)(O)C(F)(F)C(F)(F)C(F)(F)C(F)(F)F. The van der Waals surface area contributed by atoms with Crippen LogP contribution in [0.15, 0.2) is 0 Å². The molecule has 28 aromatic rings. The van der Waals surface area contributed by atoms with Gasteiger partial charge in [-0.3, -0.25) is 14.1 Å². The molecule has 100 heavy (non-hydrogen) atoms. The van der Waals surface area contributed by atoms with Crippen molar-refractivity contribution in [1.29, 1.82) is 0 Å². The Kier molecular flexibility index (Phi) is 6.37. The number of alkyl halides is 9. The molecule has 0 saturated heterocycles. The predicted octanol–water partition coefficient (Wildman–Crippen LogP) is 18.5. The highest BCUT2D eigenvalue weighted by molar-refractivity contribution is 7.87. The summed E-state index contributed by atoms with van der Waals surface area (Å²) in [5, 5.41) is 72.0. The molecule has 21 heteroatoms. The van der Waals surface area contributed by atoms with Crippen molar-refractivity contribution in [1.82, 2.24) is 0 Å². The van der Waals surface area contributed by atoms with Crippen LogP contribution in [0.5, 0.6) is 0 Å². The second-order valence-electron chi connectivity index (χ2n) is 31.0. The maximum Gasteiger partial charge on any atom is 0.460 e. The van der Waals surface area contributed by atoms with E-state index in [1.807, 2.05) is 0 Å². The Labute approximate surface area is 542 Å². The smallest absolute Gasteiger partial charge is 0.460 e. The van der Waals surface area contributed by atoms with Crippen molar-refractivity contribution in [3.05, 3.63) is 22.3 Å². The topological polar surface area (TPSA) is 161 Å². The van der Waals surface area contributed by atoms with Crippen molar-refractivity contribution in [2.24, 2.45) is 11.1 Å².